The molecule has 1 amide bonds. The van der Waals surface area contributed by atoms with E-state index in [4.69, 9.17) is 0 Å². The molecule has 0 saturated heterocycles. The number of rotatable bonds is 5. The lowest BCUT2D eigenvalue weighted by atomic mass is 10.1. The van der Waals surface area contributed by atoms with E-state index in [9.17, 15) is 4.79 Å². The summed E-state index contributed by atoms with van der Waals surface area (Å²) < 4.78 is 1.13. The van der Waals surface area contributed by atoms with Crippen molar-refractivity contribution in [1.29, 1.82) is 0 Å². The second kappa shape index (κ2) is 6.77. The van der Waals surface area contributed by atoms with Crippen LogP contribution in [0.3, 0.4) is 0 Å². The Morgan fingerprint density at radius 1 is 1.50 bits per heavy atom. The highest BCUT2D eigenvalue weighted by Crippen LogP contribution is 2.22. The minimum Gasteiger partial charge on any atom is -0.355 e. The summed E-state index contributed by atoms with van der Waals surface area (Å²) in [6.07, 6.45) is 0.889. The number of amides is 1. The monoisotopic (exact) mass is 367 g/mol. The Hall–Kier alpha value is 0.130. The molecule has 0 aromatic carbocycles. The number of thiophene rings is 1. The van der Waals surface area contributed by atoms with Gasteiger partial charge in [0.15, 0.2) is 0 Å². The molecular formula is C11H15Br2NOS. The predicted molar refractivity (Wildman–Crippen MR) is 76.3 cm³/mol. The summed E-state index contributed by atoms with van der Waals surface area (Å²) in [6.45, 7) is 4.74. The van der Waals surface area contributed by atoms with Crippen LogP contribution in [0, 0.1) is 5.92 Å². The summed E-state index contributed by atoms with van der Waals surface area (Å²) in [7, 11) is 0. The van der Waals surface area contributed by atoms with Crippen molar-refractivity contribution in [2.75, 3.05) is 6.54 Å². The first-order valence-electron chi connectivity index (χ1n) is 5.16. The standard InChI is InChI=1S/C11H15Br2NOS/c1-7(2)10(13)11(15)14-6-5-8-3-4-9(12)16-8/h3-4,7,10H,5-6H2,1-2H3,(H,14,15). The van der Waals surface area contributed by atoms with E-state index in [0.717, 1.165) is 10.2 Å². The molecule has 1 heterocycles. The molecular weight excluding hydrogens is 354 g/mol. The minimum absolute atomic E-state index is 0.0746. The van der Waals surface area contributed by atoms with Crippen LogP contribution in [0.2, 0.25) is 0 Å². The quantitative estimate of drug-likeness (QED) is 0.790. The summed E-state index contributed by atoms with van der Waals surface area (Å²) in [5, 5.41) is 2.93. The largest absolute Gasteiger partial charge is 0.355 e. The van der Waals surface area contributed by atoms with Crippen molar-refractivity contribution in [3.63, 3.8) is 0 Å². The Bertz CT molecular complexity index is 352. The van der Waals surface area contributed by atoms with Gasteiger partial charge in [-0.25, -0.2) is 0 Å². The third kappa shape index (κ3) is 4.55. The zero-order chi connectivity index (χ0) is 12.1. The maximum Gasteiger partial charge on any atom is 0.234 e. The average molecular weight is 369 g/mol. The van der Waals surface area contributed by atoms with Crippen LogP contribution in [0.1, 0.15) is 18.7 Å². The van der Waals surface area contributed by atoms with Gasteiger partial charge < -0.3 is 5.32 Å². The van der Waals surface area contributed by atoms with E-state index < -0.39 is 0 Å². The van der Waals surface area contributed by atoms with Gasteiger partial charge in [0.05, 0.1) is 8.61 Å². The Morgan fingerprint density at radius 3 is 2.69 bits per heavy atom. The molecule has 16 heavy (non-hydrogen) atoms. The Kier molecular flexibility index (Phi) is 6.00. The second-order valence-electron chi connectivity index (χ2n) is 3.89. The number of carbonyl (C=O) groups excluding carboxylic acids is 1. The molecule has 1 rings (SSSR count). The SMILES string of the molecule is CC(C)C(Br)C(=O)NCCc1ccc(Br)s1. The van der Waals surface area contributed by atoms with Gasteiger partial charge >= 0.3 is 0 Å². The molecule has 1 aromatic rings. The Balaban J connectivity index is 2.28. The summed E-state index contributed by atoms with van der Waals surface area (Å²) in [5.74, 6) is 0.390. The van der Waals surface area contributed by atoms with Crippen molar-refractivity contribution < 1.29 is 4.79 Å². The summed E-state index contributed by atoms with van der Waals surface area (Å²) >= 11 is 8.51. The van der Waals surface area contributed by atoms with Gasteiger partial charge in [0.25, 0.3) is 0 Å². The van der Waals surface area contributed by atoms with Gasteiger partial charge in [0.2, 0.25) is 5.91 Å². The summed E-state index contributed by atoms with van der Waals surface area (Å²) in [5.41, 5.74) is 0. The number of alkyl halides is 1. The van der Waals surface area contributed by atoms with Crippen LogP contribution in [-0.2, 0) is 11.2 Å². The first-order chi connectivity index (χ1) is 7.50. The molecule has 0 aliphatic carbocycles. The zero-order valence-corrected chi connectivity index (χ0v) is 13.3. The van der Waals surface area contributed by atoms with Crippen LogP contribution >= 0.6 is 43.2 Å². The minimum atomic E-state index is -0.0948. The first kappa shape index (κ1) is 14.2. The lowest BCUT2D eigenvalue weighted by Gasteiger charge is -2.13. The molecule has 1 atom stereocenters. The fraction of sp³-hybridized carbons (Fsp3) is 0.545. The molecule has 0 spiro atoms. The van der Waals surface area contributed by atoms with Crippen LogP contribution in [-0.4, -0.2) is 17.3 Å². The maximum absolute atomic E-state index is 11.6. The van der Waals surface area contributed by atoms with E-state index in [2.05, 4.69) is 43.2 Å². The van der Waals surface area contributed by atoms with E-state index in [-0.39, 0.29) is 10.7 Å². The molecule has 0 radical (unpaired) electrons. The molecule has 1 unspecified atom stereocenters. The number of nitrogens with one attached hydrogen (secondary N) is 1. The van der Waals surface area contributed by atoms with E-state index >= 15 is 0 Å². The molecule has 5 heteroatoms. The number of halogens is 2. The van der Waals surface area contributed by atoms with Crippen molar-refractivity contribution in [3.05, 3.63) is 20.8 Å². The van der Waals surface area contributed by atoms with Gasteiger partial charge in [-0.2, -0.15) is 0 Å². The van der Waals surface area contributed by atoms with Crippen molar-refractivity contribution >= 4 is 49.1 Å². The highest BCUT2D eigenvalue weighted by molar-refractivity contribution is 9.11. The topological polar surface area (TPSA) is 29.1 Å². The molecule has 1 aromatic heterocycles. The normalized spacial score (nSPS) is 12.8. The van der Waals surface area contributed by atoms with Gasteiger partial charge in [0, 0.05) is 11.4 Å². The van der Waals surface area contributed by atoms with Gasteiger partial charge in [-0.05, 0) is 40.4 Å². The number of hydrogen-bond acceptors (Lipinski definition) is 2. The number of hydrogen-bond donors (Lipinski definition) is 1. The lowest BCUT2D eigenvalue weighted by Crippen LogP contribution is -2.35. The molecule has 2 nitrogen and oxygen atoms in total. The smallest absolute Gasteiger partial charge is 0.234 e. The van der Waals surface area contributed by atoms with Gasteiger partial charge in [-0.1, -0.05) is 29.8 Å². The van der Waals surface area contributed by atoms with Crippen LogP contribution in [0.5, 0.6) is 0 Å². The first-order valence-corrected chi connectivity index (χ1v) is 7.69. The van der Waals surface area contributed by atoms with Gasteiger partial charge in [-0.15, -0.1) is 11.3 Å². The second-order valence-corrected chi connectivity index (χ2v) is 7.43. The predicted octanol–water partition coefficient (Wildman–Crippen LogP) is 3.59. The Morgan fingerprint density at radius 2 is 2.19 bits per heavy atom. The third-order valence-electron chi connectivity index (χ3n) is 2.14. The highest BCUT2D eigenvalue weighted by Gasteiger charge is 2.17. The zero-order valence-electron chi connectivity index (χ0n) is 9.30. The van der Waals surface area contributed by atoms with Crippen molar-refractivity contribution in [1.82, 2.24) is 5.32 Å². The van der Waals surface area contributed by atoms with Crippen LogP contribution in [0.15, 0.2) is 15.9 Å². The van der Waals surface area contributed by atoms with E-state index in [1.54, 1.807) is 11.3 Å². The molecule has 90 valence electrons. The molecule has 0 saturated carbocycles. The maximum atomic E-state index is 11.6. The molecule has 0 aliphatic rings. The van der Waals surface area contributed by atoms with Crippen molar-refractivity contribution in [2.24, 2.45) is 5.92 Å². The highest BCUT2D eigenvalue weighted by atomic mass is 79.9. The molecule has 0 bridgehead atoms. The third-order valence-corrected chi connectivity index (χ3v) is 5.29. The van der Waals surface area contributed by atoms with Gasteiger partial charge in [-0.3, -0.25) is 4.79 Å². The van der Waals surface area contributed by atoms with E-state index in [1.807, 2.05) is 19.9 Å². The summed E-state index contributed by atoms with van der Waals surface area (Å²) in [6, 6.07) is 4.11. The average Bonchev–Trinajstić information content (AvgIpc) is 2.62. The van der Waals surface area contributed by atoms with Crippen LogP contribution in [0.4, 0.5) is 0 Å². The van der Waals surface area contributed by atoms with E-state index in [1.165, 1.54) is 4.88 Å². The Labute approximate surface area is 117 Å². The lowest BCUT2D eigenvalue weighted by molar-refractivity contribution is -0.121. The molecule has 0 aliphatic heterocycles. The summed E-state index contributed by atoms with van der Waals surface area (Å²) in [4.78, 5) is 12.8. The van der Waals surface area contributed by atoms with Crippen molar-refractivity contribution in [2.45, 2.75) is 25.1 Å². The van der Waals surface area contributed by atoms with Crippen molar-refractivity contribution in [3.8, 4) is 0 Å². The fourth-order valence-corrected chi connectivity index (χ4v) is 2.84. The number of carbonyl (C=O) groups is 1. The van der Waals surface area contributed by atoms with Gasteiger partial charge in [0.1, 0.15) is 0 Å². The van der Waals surface area contributed by atoms with Crippen LogP contribution < -0.4 is 5.32 Å². The molecule has 0 fully saturated rings. The van der Waals surface area contributed by atoms with E-state index in [0.29, 0.717) is 12.5 Å². The van der Waals surface area contributed by atoms with Crippen LogP contribution in [0.25, 0.3) is 0 Å². The molecule has 1 N–H and O–H groups in total. The fourth-order valence-electron chi connectivity index (χ4n) is 1.20.